The third-order valence-electron chi connectivity index (χ3n) is 3.53. The Morgan fingerprint density at radius 3 is 2.48 bits per heavy atom. The predicted molar refractivity (Wildman–Crippen MR) is 90.4 cm³/mol. The van der Waals surface area contributed by atoms with Gasteiger partial charge < -0.3 is 4.57 Å². The number of rotatable bonds is 3. The summed E-state index contributed by atoms with van der Waals surface area (Å²) in [7, 11) is 1.73. The quantitative estimate of drug-likeness (QED) is 0.526. The summed E-state index contributed by atoms with van der Waals surface area (Å²) in [5.74, 6) is -0.830. The Bertz CT molecular complexity index is 1100. The third-order valence-corrected chi connectivity index (χ3v) is 4.64. The smallest absolute Gasteiger partial charge is 0.289 e. The first-order valence-electron chi connectivity index (χ1n) is 6.95. The van der Waals surface area contributed by atoms with Crippen LogP contribution in [0.25, 0.3) is 10.2 Å². The molecule has 2 aromatic carbocycles. The summed E-state index contributed by atoms with van der Waals surface area (Å²) in [6.07, 6.45) is 0. The molecule has 0 aliphatic carbocycles. The lowest BCUT2D eigenvalue weighted by atomic mass is 10.1. The van der Waals surface area contributed by atoms with Gasteiger partial charge in [-0.1, -0.05) is 23.5 Å². The number of nitro benzene ring substituents is 2. The number of nitro groups is 2. The normalized spacial score (nSPS) is 11.6. The maximum absolute atomic E-state index is 12.4. The number of carbonyl (C=O) groups is 1. The number of aromatic nitrogens is 1. The Kier molecular flexibility index (Phi) is 4.11. The SMILES string of the molecule is Cn1c(=NC(=O)c2ccc([N+](=O)[O-])cc2[N+](=O)[O-])sc2ccccc21. The van der Waals surface area contributed by atoms with Crippen molar-refractivity contribution in [2.24, 2.45) is 12.0 Å². The number of amides is 1. The van der Waals surface area contributed by atoms with Gasteiger partial charge in [0.1, 0.15) is 5.56 Å². The van der Waals surface area contributed by atoms with Crippen LogP contribution in [0.3, 0.4) is 0 Å². The number of aryl methyl sites for hydroxylation is 1. The molecule has 1 heterocycles. The minimum absolute atomic E-state index is 0.298. The van der Waals surface area contributed by atoms with Gasteiger partial charge in [-0.05, 0) is 18.2 Å². The summed E-state index contributed by atoms with van der Waals surface area (Å²) in [6, 6.07) is 10.3. The second-order valence-electron chi connectivity index (χ2n) is 5.04. The van der Waals surface area contributed by atoms with Crippen molar-refractivity contribution in [1.29, 1.82) is 0 Å². The molecule has 10 heteroatoms. The van der Waals surface area contributed by atoms with E-state index >= 15 is 0 Å². The van der Waals surface area contributed by atoms with E-state index in [1.165, 1.54) is 11.3 Å². The van der Waals surface area contributed by atoms with Crippen molar-refractivity contribution in [2.45, 2.75) is 0 Å². The maximum atomic E-state index is 12.4. The van der Waals surface area contributed by atoms with Gasteiger partial charge in [0.25, 0.3) is 17.3 Å². The summed E-state index contributed by atoms with van der Waals surface area (Å²) >= 11 is 1.27. The number of non-ortho nitro benzene ring substituents is 1. The molecule has 0 bridgehead atoms. The summed E-state index contributed by atoms with van der Waals surface area (Å²) in [5, 5.41) is 21.9. The van der Waals surface area contributed by atoms with E-state index in [-0.39, 0.29) is 5.56 Å². The van der Waals surface area contributed by atoms with Crippen molar-refractivity contribution in [2.75, 3.05) is 0 Å². The highest BCUT2D eigenvalue weighted by Gasteiger charge is 2.24. The highest BCUT2D eigenvalue weighted by molar-refractivity contribution is 7.16. The molecule has 1 aromatic heterocycles. The van der Waals surface area contributed by atoms with Crippen molar-refractivity contribution in [3.8, 4) is 0 Å². The summed E-state index contributed by atoms with van der Waals surface area (Å²) < 4.78 is 2.62. The highest BCUT2D eigenvalue weighted by Crippen LogP contribution is 2.25. The van der Waals surface area contributed by atoms with Crippen LogP contribution < -0.4 is 4.80 Å². The fraction of sp³-hybridized carbons (Fsp3) is 0.0667. The van der Waals surface area contributed by atoms with Gasteiger partial charge in [0.2, 0.25) is 0 Å². The van der Waals surface area contributed by atoms with Crippen LogP contribution in [0.2, 0.25) is 0 Å². The molecule has 25 heavy (non-hydrogen) atoms. The monoisotopic (exact) mass is 358 g/mol. The Balaban J connectivity index is 2.13. The van der Waals surface area contributed by atoms with E-state index in [4.69, 9.17) is 0 Å². The Morgan fingerprint density at radius 2 is 1.84 bits per heavy atom. The number of benzene rings is 2. The van der Waals surface area contributed by atoms with Crippen molar-refractivity contribution in [3.05, 3.63) is 73.1 Å². The summed E-state index contributed by atoms with van der Waals surface area (Å²) in [5.41, 5.74) is -0.535. The highest BCUT2D eigenvalue weighted by atomic mass is 32.1. The van der Waals surface area contributed by atoms with Crippen LogP contribution in [0.15, 0.2) is 47.5 Å². The molecule has 0 radical (unpaired) electrons. The molecular weight excluding hydrogens is 348 g/mol. The van der Waals surface area contributed by atoms with Crippen LogP contribution in [-0.2, 0) is 7.05 Å². The number of hydrogen-bond donors (Lipinski definition) is 0. The van der Waals surface area contributed by atoms with Gasteiger partial charge in [-0.2, -0.15) is 4.99 Å². The Labute approximate surface area is 143 Å². The van der Waals surface area contributed by atoms with E-state index in [1.807, 2.05) is 24.3 Å². The zero-order chi connectivity index (χ0) is 18.1. The molecule has 1 amide bonds. The Morgan fingerprint density at radius 1 is 1.12 bits per heavy atom. The van der Waals surface area contributed by atoms with Crippen LogP contribution in [-0.4, -0.2) is 20.3 Å². The van der Waals surface area contributed by atoms with E-state index in [2.05, 4.69) is 4.99 Å². The number of fused-ring (bicyclic) bond motifs is 1. The van der Waals surface area contributed by atoms with Crippen molar-refractivity contribution in [3.63, 3.8) is 0 Å². The standard InChI is InChI=1S/C15H10N4O5S/c1-17-11-4-2-3-5-13(11)25-15(17)16-14(20)10-7-6-9(18(21)22)8-12(10)19(23)24/h2-8H,1H3. The van der Waals surface area contributed by atoms with Gasteiger partial charge in [0.05, 0.1) is 26.1 Å². The first kappa shape index (κ1) is 16.5. The van der Waals surface area contributed by atoms with Gasteiger partial charge >= 0.3 is 0 Å². The van der Waals surface area contributed by atoms with Crippen LogP contribution in [0, 0.1) is 20.2 Å². The largest absolute Gasteiger partial charge is 0.319 e. The first-order valence-corrected chi connectivity index (χ1v) is 7.76. The van der Waals surface area contributed by atoms with Gasteiger partial charge in [0, 0.05) is 13.1 Å². The van der Waals surface area contributed by atoms with E-state index in [0.29, 0.717) is 4.80 Å². The first-order chi connectivity index (χ1) is 11.9. The van der Waals surface area contributed by atoms with E-state index in [1.54, 1.807) is 11.6 Å². The molecule has 0 atom stereocenters. The lowest BCUT2D eigenvalue weighted by Crippen LogP contribution is -2.14. The number of thiazole rings is 1. The minimum Gasteiger partial charge on any atom is -0.319 e. The molecule has 0 aliphatic rings. The molecule has 0 saturated carbocycles. The third kappa shape index (κ3) is 3.02. The zero-order valence-corrected chi connectivity index (χ0v) is 13.6. The zero-order valence-electron chi connectivity index (χ0n) is 12.8. The van der Waals surface area contributed by atoms with Gasteiger partial charge in [-0.25, -0.2) is 0 Å². The fourth-order valence-corrected chi connectivity index (χ4v) is 3.32. The molecule has 3 aromatic rings. The maximum Gasteiger partial charge on any atom is 0.289 e. The molecule has 0 N–H and O–H groups in total. The minimum atomic E-state index is -0.833. The molecule has 126 valence electrons. The van der Waals surface area contributed by atoms with Crippen molar-refractivity contribution in [1.82, 2.24) is 4.57 Å². The molecule has 0 aliphatic heterocycles. The molecular formula is C15H10N4O5S. The lowest BCUT2D eigenvalue weighted by Gasteiger charge is -1.99. The van der Waals surface area contributed by atoms with Crippen molar-refractivity contribution >= 4 is 38.8 Å². The van der Waals surface area contributed by atoms with Gasteiger partial charge in [-0.3, -0.25) is 25.0 Å². The fourth-order valence-electron chi connectivity index (χ4n) is 2.30. The number of carbonyl (C=O) groups excluding carboxylic acids is 1. The second-order valence-corrected chi connectivity index (χ2v) is 6.05. The van der Waals surface area contributed by atoms with E-state index < -0.39 is 27.1 Å². The average molecular weight is 358 g/mol. The average Bonchev–Trinajstić information content (AvgIpc) is 2.90. The van der Waals surface area contributed by atoms with Crippen LogP contribution in [0.1, 0.15) is 10.4 Å². The molecule has 3 rings (SSSR count). The summed E-state index contributed by atoms with van der Waals surface area (Å²) in [6.45, 7) is 0. The molecule has 0 saturated heterocycles. The molecule has 0 fully saturated rings. The van der Waals surface area contributed by atoms with Gasteiger partial charge in [-0.15, -0.1) is 0 Å². The molecule has 0 unspecified atom stereocenters. The van der Waals surface area contributed by atoms with Crippen LogP contribution >= 0.6 is 11.3 Å². The Hall–Kier alpha value is -3.40. The van der Waals surface area contributed by atoms with E-state index in [0.717, 1.165) is 28.4 Å². The van der Waals surface area contributed by atoms with Gasteiger partial charge in [0.15, 0.2) is 4.80 Å². The molecule has 9 nitrogen and oxygen atoms in total. The van der Waals surface area contributed by atoms with E-state index in [9.17, 15) is 25.0 Å². The summed E-state index contributed by atoms with van der Waals surface area (Å²) in [4.78, 5) is 37.0. The number of para-hydroxylation sites is 1. The predicted octanol–water partition coefficient (Wildman–Crippen LogP) is 2.80. The number of hydrogen-bond acceptors (Lipinski definition) is 6. The number of nitrogens with zero attached hydrogens (tertiary/aromatic N) is 4. The lowest BCUT2D eigenvalue weighted by molar-refractivity contribution is -0.394. The van der Waals surface area contributed by atoms with Crippen LogP contribution in [0.4, 0.5) is 11.4 Å². The molecule has 0 spiro atoms. The second kappa shape index (κ2) is 6.24. The van der Waals surface area contributed by atoms with Crippen molar-refractivity contribution < 1.29 is 14.6 Å². The topological polar surface area (TPSA) is 121 Å². The van der Waals surface area contributed by atoms with Crippen LogP contribution in [0.5, 0.6) is 0 Å².